The van der Waals surface area contributed by atoms with Crippen LogP contribution in [-0.4, -0.2) is 41.1 Å². The largest absolute Gasteiger partial charge is 0.477 e. The Hall–Kier alpha value is -1.40. The van der Waals surface area contributed by atoms with Crippen molar-refractivity contribution < 1.29 is 4.74 Å². The molecule has 3 N–H and O–H groups in total. The van der Waals surface area contributed by atoms with Gasteiger partial charge in [0.25, 0.3) is 0 Å². The van der Waals surface area contributed by atoms with E-state index in [1.165, 1.54) is 25.7 Å². The summed E-state index contributed by atoms with van der Waals surface area (Å²) in [5, 5.41) is 0. The summed E-state index contributed by atoms with van der Waals surface area (Å²) in [7, 11) is 2.18. The van der Waals surface area contributed by atoms with E-state index in [0.717, 1.165) is 18.4 Å². The van der Waals surface area contributed by atoms with Crippen molar-refractivity contribution in [2.75, 3.05) is 25.6 Å². The van der Waals surface area contributed by atoms with Crippen molar-refractivity contribution >= 4 is 5.82 Å². The fraction of sp³-hybridized carbons (Fsp3) is 0.692. The predicted octanol–water partition coefficient (Wildman–Crippen LogP) is 1.19. The van der Waals surface area contributed by atoms with Gasteiger partial charge in [0.05, 0.1) is 12.2 Å². The molecule has 19 heavy (non-hydrogen) atoms. The van der Waals surface area contributed by atoms with Crippen molar-refractivity contribution in [3.05, 3.63) is 11.9 Å². The molecule has 0 aliphatic carbocycles. The Kier molecular flexibility index (Phi) is 4.93. The highest BCUT2D eigenvalue weighted by atomic mass is 16.5. The number of nitrogens with one attached hydrogen (secondary N) is 1. The molecule has 0 saturated carbocycles. The third kappa shape index (κ3) is 3.33. The molecule has 1 saturated heterocycles. The molecule has 2 rings (SSSR count). The minimum Gasteiger partial charge on any atom is -0.477 e. The van der Waals surface area contributed by atoms with Crippen LogP contribution in [0.2, 0.25) is 0 Å². The Morgan fingerprint density at radius 2 is 2.37 bits per heavy atom. The zero-order valence-electron chi connectivity index (χ0n) is 11.7. The monoisotopic (exact) mass is 265 g/mol. The number of anilines is 1. The van der Waals surface area contributed by atoms with Crippen molar-refractivity contribution in [3.8, 4) is 5.88 Å². The number of hydrogen-bond donors (Lipinski definition) is 2. The van der Waals surface area contributed by atoms with E-state index in [-0.39, 0.29) is 0 Å². The quantitative estimate of drug-likeness (QED) is 0.594. The summed E-state index contributed by atoms with van der Waals surface area (Å²) in [6, 6.07) is 0.638. The lowest BCUT2D eigenvalue weighted by Crippen LogP contribution is -2.26. The van der Waals surface area contributed by atoms with Crippen LogP contribution in [0.3, 0.4) is 0 Å². The first kappa shape index (κ1) is 14.0. The molecule has 2 heterocycles. The maximum absolute atomic E-state index is 5.81. The fourth-order valence-corrected chi connectivity index (χ4v) is 2.60. The molecule has 1 aliphatic rings. The Labute approximate surface area is 114 Å². The lowest BCUT2D eigenvalue weighted by molar-refractivity contribution is 0.227. The van der Waals surface area contributed by atoms with Gasteiger partial charge in [-0.1, -0.05) is 6.92 Å². The van der Waals surface area contributed by atoms with Gasteiger partial charge in [-0.15, -0.1) is 0 Å². The molecule has 1 aliphatic heterocycles. The molecule has 1 aromatic rings. The highest BCUT2D eigenvalue weighted by Crippen LogP contribution is 2.23. The molecule has 106 valence electrons. The van der Waals surface area contributed by atoms with Crippen molar-refractivity contribution in [1.82, 2.24) is 14.9 Å². The molecule has 1 aromatic heterocycles. The summed E-state index contributed by atoms with van der Waals surface area (Å²) in [6.45, 7) is 3.92. The van der Waals surface area contributed by atoms with E-state index < -0.39 is 0 Å². The van der Waals surface area contributed by atoms with Crippen LogP contribution in [0.15, 0.2) is 6.33 Å². The molecular weight excluding hydrogens is 242 g/mol. The maximum atomic E-state index is 5.81. The van der Waals surface area contributed by atoms with Gasteiger partial charge in [0.2, 0.25) is 5.88 Å². The zero-order chi connectivity index (χ0) is 13.7. The predicted molar refractivity (Wildman–Crippen MR) is 75.0 cm³/mol. The lowest BCUT2D eigenvalue weighted by atomic mass is 10.1. The number of nitrogens with two attached hydrogens (primary N) is 1. The molecule has 0 spiro atoms. The smallest absolute Gasteiger partial charge is 0.221 e. The van der Waals surface area contributed by atoms with Crippen molar-refractivity contribution in [2.45, 2.75) is 38.6 Å². The molecule has 6 heteroatoms. The van der Waals surface area contributed by atoms with E-state index in [4.69, 9.17) is 10.6 Å². The molecule has 6 nitrogen and oxygen atoms in total. The Morgan fingerprint density at radius 3 is 3.00 bits per heavy atom. The van der Waals surface area contributed by atoms with E-state index in [9.17, 15) is 0 Å². The molecule has 0 radical (unpaired) electrons. The van der Waals surface area contributed by atoms with Crippen LogP contribution in [0.25, 0.3) is 0 Å². The molecule has 0 bridgehead atoms. The minimum absolute atomic E-state index is 0.638. The number of nitrogen functional groups attached to an aromatic ring is 1. The Bertz CT molecular complexity index is 412. The number of hydrogen-bond acceptors (Lipinski definition) is 6. The minimum atomic E-state index is 0.638. The summed E-state index contributed by atoms with van der Waals surface area (Å²) < 4.78 is 5.81. The summed E-state index contributed by atoms with van der Waals surface area (Å²) in [6.07, 6.45) is 5.86. The van der Waals surface area contributed by atoms with Crippen molar-refractivity contribution in [1.29, 1.82) is 0 Å². The van der Waals surface area contributed by atoms with Crippen LogP contribution in [0.4, 0.5) is 5.82 Å². The highest BCUT2D eigenvalue weighted by molar-refractivity contribution is 5.47. The second kappa shape index (κ2) is 6.68. The van der Waals surface area contributed by atoms with Crippen LogP contribution >= 0.6 is 0 Å². The van der Waals surface area contributed by atoms with E-state index in [0.29, 0.717) is 24.3 Å². The van der Waals surface area contributed by atoms with E-state index >= 15 is 0 Å². The summed E-state index contributed by atoms with van der Waals surface area (Å²) in [4.78, 5) is 10.7. The fourth-order valence-electron chi connectivity index (χ4n) is 2.60. The SMILES string of the molecule is CCc1c(NN)ncnc1OCCC1CCCN1C. The van der Waals surface area contributed by atoms with Gasteiger partial charge in [0.1, 0.15) is 12.1 Å². The van der Waals surface area contributed by atoms with Gasteiger partial charge in [-0.05, 0) is 39.3 Å². The third-order valence-corrected chi connectivity index (χ3v) is 3.76. The average molecular weight is 265 g/mol. The Balaban J connectivity index is 1.92. The summed E-state index contributed by atoms with van der Waals surface area (Å²) >= 11 is 0. The van der Waals surface area contributed by atoms with Gasteiger partial charge < -0.3 is 15.1 Å². The molecule has 1 atom stereocenters. The number of likely N-dealkylation sites (tertiary alicyclic amines) is 1. The van der Waals surface area contributed by atoms with E-state index in [1.54, 1.807) is 0 Å². The van der Waals surface area contributed by atoms with Gasteiger partial charge in [-0.3, -0.25) is 0 Å². The first-order chi connectivity index (χ1) is 9.26. The normalized spacial score (nSPS) is 19.6. The molecule has 1 fully saturated rings. The van der Waals surface area contributed by atoms with Gasteiger partial charge in [0, 0.05) is 6.04 Å². The third-order valence-electron chi connectivity index (χ3n) is 3.76. The van der Waals surface area contributed by atoms with Crippen molar-refractivity contribution in [3.63, 3.8) is 0 Å². The van der Waals surface area contributed by atoms with E-state index in [1.807, 2.05) is 6.92 Å². The van der Waals surface area contributed by atoms with Crippen LogP contribution in [0.1, 0.15) is 31.7 Å². The first-order valence-corrected chi connectivity index (χ1v) is 6.89. The number of nitrogens with zero attached hydrogens (tertiary/aromatic N) is 3. The van der Waals surface area contributed by atoms with Gasteiger partial charge in [-0.2, -0.15) is 0 Å². The Morgan fingerprint density at radius 1 is 1.53 bits per heavy atom. The van der Waals surface area contributed by atoms with Crippen molar-refractivity contribution in [2.24, 2.45) is 5.84 Å². The topological polar surface area (TPSA) is 76.3 Å². The van der Waals surface area contributed by atoms with Crippen LogP contribution in [0.5, 0.6) is 5.88 Å². The molecular formula is C13H23N5O. The highest BCUT2D eigenvalue weighted by Gasteiger charge is 2.20. The molecule has 0 aromatic carbocycles. The zero-order valence-corrected chi connectivity index (χ0v) is 11.7. The van der Waals surface area contributed by atoms with Crippen LogP contribution in [0, 0.1) is 0 Å². The maximum Gasteiger partial charge on any atom is 0.221 e. The number of rotatable bonds is 6. The summed E-state index contributed by atoms with van der Waals surface area (Å²) in [5.41, 5.74) is 3.52. The van der Waals surface area contributed by atoms with E-state index in [2.05, 4.69) is 27.3 Å². The van der Waals surface area contributed by atoms with Gasteiger partial charge in [0.15, 0.2) is 0 Å². The first-order valence-electron chi connectivity index (χ1n) is 6.89. The lowest BCUT2D eigenvalue weighted by Gasteiger charge is -2.19. The summed E-state index contributed by atoms with van der Waals surface area (Å²) in [5.74, 6) is 6.73. The standard InChI is InChI=1S/C13H23N5O/c1-3-11-12(17-14)15-9-16-13(11)19-8-6-10-5-4-7-18(10)2/h9-10H,3-8,14H2,1-2H3,(H,15,16,17). The molecule has 0 amide bonds. The molecule has 1 unspecified atom stereocenters. The van der Waals surface area contributed by atoms with Gasteiger partial charge >= 0.3 is 0 Å². The second-order valence-electron chi connectivity index (χ2n) is 4.92. The second-order valence-corrected chi connectivity index (χ2v) is 4.92. The van der Waals surface area contributed by atoms with Crippen LogP contribution < -0.4 is 16.0 Å². The number of ether oxygens (including phenoxy) is 1. The average Bonchev–Trinajstić information content (AvgIpc) is 2.84. The number of hydrazine groups is 1. The van der Waals surface area contributed by atoms with Gasteiger partial charge in [-0.25, -0.2) is 15.8 Å². The van der Waals surface area contributed by atoms with Crippen LogP contribution in [-0.2, 0) is 6.42 Å². The number of aromatic nitrogens is 2.